The Kier molecular flexibility index (Phi) is 7.44. The van der Waals surface area contributed by atoms with Crippen LogP contribution in [0.5, 0.6) is 5.75 Å². The van der Waals surface area contributed by atoms with Crippen molar-refractivity contribution in [3.05, 3.63) is 59.8 Å². The number of amides is 1. The number of halogens is 3. The number of fused-ring (bicyclic) bond motifs is 1. The van der Waals surface area contributed by atoms with Crippen molar-refractivity contribution < 1.29 is 22.7 Å². The minimum absolute atomic E-state index is 0.321. The van der Waals surface area contributed by atoms with E-state index in [9.17, 15) is 18.0 Å². The number of hydrogen-bond donors (Lipinski definition) is 1. The maximum Gasteiger partial charge on any atom is 0.573 e. The SMILES string of the molecule is Cc1nc(N2CCN(C(C)C)CC2)nc2ccc(NC(=O)C=Cc3ccc(OC(F)(F)F)cc3)cc12. The maximum absolute atomic E-state index is 12.4. The van der Waals surface area contributed by atoms with Crippen LogP contribution in [0.15, 0.2) is 48.5 Å². The molecular weight excluding hydrogens is 471 g/mol. The molecule has 0 bridgehead atoms. The van der Waals surface area contributed by atoms with Crippen molar-refractivity contribution in [1.29, 1.82) is 0 Å². The number of piperazine rings is 1. The number of nitrogens with one attached hydrogen (secondary N) is 1. The minimum atomic E-state index is -4.75. The lowest BCUT2D eigenvalue weighted by Gasteiger charge is -2.37. The summed E-state index contributed by atoms with van der Waals surface area (Å²) in [5.74, 6) is 0.0248. The van der Waals surface area contributed by atoms with E-state index in [4.69, 9.17) is 9.97 Å². The second-order valence-corrected chi connectivity index (χ2v) is 8.90. The van der Waals surface area contributed by atoms with Gasteiger partial charge < -0.3 is 15.0 Å². The van der Waals surface area contributed by atoms with E-state index >= 15 is 0 Å². The second-order valence-electron chi connectivity index (χ2n) is 8.90. The van der Waals surface area contributed by atoms with E-state index in [2.05, 4.69) is 33.7 Å². The van der Waals surface area contributed by atoms with Crippen molar-refractivity contribution in [1.82, 2.24) is 14.9 Å². The van der Waals surface area contributed by atoms with E-state index in [1.807, 2.05) is 19.1 Å². The van der Waals surface area contributed by atoms with Crippen LogP contribution >= 0.6 is 0 Å². The number of carbonyl (C=O) groups excluding carboxylic acids is 1. The predicted molar refractivity (Wildman–Crippen MR) is 134 cm³/mol. The van der Waals surface area contributed by atoms with Gasteiger partial charge in [0.2, 0.25) is 11.9 Å². The number of rotatable bonds is 6. The average molecular weight is 500 g/mol. The standard InChI is InChI=1S/C26H28F3N5O2/c1-17(2)33-12-14-34(15-13-33)25-30-18(3)22-16-20(7-10-23(22)32-25)31-24(35)11-6-19-4-8-21(9-5-19)36-26(27,28)29/h4-11,16-17H,12-15H2,1-3H3,(H,31,35). The number of hydrogen-bond acceptors (Lipinski definition) is 6. The molecule has 1 aliphatic rings. The van der Waals surface area contributed by atoms with Gasteiger partial charge in [-0.05, 0) is 62.7 Å². The number of aromatic nitrogens is 2. The fourth-order valence-corrected chi connectivity index (χ4v) is 4.06. The molecule has 2 heterocycles. The van der Waals surface area contributed by atoms with Gasteiger partial charge in [-0.15, -0.1) is 13.2 Å². The summed E-state index contributed by atoms with van der Waals surface area (Å²) in [7, 11) is 0. The summed E-state index contributed by atoms with van der Waals surface area (Å²) in [5.41, 5.74) is 2.79. The highest BCUT2D eigenvalue weighted by Crippen LogP contribution is 2.25. The van der Waals surface area contributed by atoms with Gasteiger partial charge in [-0.2, -0.15) is 0 Å². The van der Waals surface area contributed by atoms with Gasteiger partial charge in [0, 0.05) is 49.4 Å². The van der Waals surface area contributed by atoms with Crippen LogP contribution in [0.1, 0.15) is 25.1 Å². The molecule has 1 saturated heterocycles. The summed E-state index contributed by atoms with van der Waals surface area (Å²) in [6, 6.07) is 11.2. The third-order valence-corrected chi connectivity index (χ3v) is 6.01. The van der Waals surface area contributed by atoms with Crippen LogP contribution in [0.2, 0.25) is 0 Å². The highest BCUT2D eigenvalue weighted by molar-refractivity contribution is 6.03. The fourth-order valence-electron chi connectivity index (χ4n) is 4.06. The fraction of sp³-hybridized carbons (Fsp3) is 0.346. The molecule has 1 N–H and O–H groups in total. The molecular formula is C26H28F3N5O2. The average Bonchev–Trinajstić information content (AvgIpc) is 2.83. The van der Waals surface area contributed by atoms with E-state index in [0.717, 1.165) is 48.7 Å². The number of nitrogens with zero attached hydrogens (tertiary/aromatic N) is 4. The largest absolute Gasteiger partial charge is 0.573 e. The molecule has 0 saturated carbocycles. The molecule has 1 aromatic heterocycles. The Hall–Kier alpha value is -3.66. The first-order chi connectivity index (χ1) is 17.1. The molecule has 7 nitrogen and oxygen atoms in total. The van der Waals surface area contributed by atoms with Crippen LogP contribution in [-0.4, -0.2) is 59.4 Å². The van der Waals surface area contributed by atoms with Gasteiger partial charge in [0.15, 0.2) is 0 Å². The van der Waals surface area contributed by atoms with Gasteiger partial charge in [0.1, 0.15) is 5.75 Å². The first-order valence-electron chi connectivity index (χ1n) is 11.7. The molecule has 36 heavy (non-hydrogen) atoms. The highest BCUT2D eigenvalue weighted by atomic mass is 19.4. The Morgan fingerprint density at radius 2 is 1.75 bits per heavy atom. The highest BCUT2D eigenvalue weighted by Gasteiger charge is 2.30. The van der Waals surface area contributed by atoms with Crippen LogP contribution in [0.4, 0.5) is 24.8 Å². The van der Waals surface area contributed by atoms with Crippen LogP contribution < -0.4 is 15.0 Å². The van der Waals surface area contributed by atoms with Gasteiger partial charge in [0.05, 0.1) is 11.2 Å². The summed E-state index contributed by atoms with van der Waals surface area (Å²) >= 11 is 0. The molecule has 0 radical (unpaired) electrons. The van der Waals surface area contributed by atoms with Crippen molar-refractivity contribution >= 4 is 34.5 Å². The van der Waals surface area contributed by atoms with E-state index in [1.54, 1.807) is 6.07 Å². The summed E-state index contributed by atoms with van der Waals surface area (Å²) in [5, 5.41) is 3.65. The van der Waals surface area contributed by atoms with Crippen LogP contribution in [0.25, 0.3) is 17.0 Å². The molecule has 4 rings (SSSR count). The lowest BCUT2D eigenvalue weighted by Crippen LogP contribution is -2.49. The molecule has 190 valence electrons. The zero-order chi connectivity index (χ0) is 25.9. The first kappa shape index (κ1) is 25.4. The first-order valence-corrected chi connectivity index (χ1v) is 11.7. The summed E-state index contributed by atoms with van der Waals surface area (Å²) < 4.78 is 40.6. The van der Waals surface area contributed by atoms with Gasteiger partial charge in [-0.1, -0.05) is 12.1 Å². The molecule has 10 heteroatoms. The molecule has 1 amide bonds. The summed E-state index contributed by atoms with van der Waals surface area (Å²) in [4.78, 5) is 26.5. The van der Waals surface area contributed by atoms with Crippen molar-refractivity contribution in [2.45, 2.75) is 33.2 Å². The third-order valence-electron chi connectivity index (χ3n) is 6.01. The molecule has 3 aromatic rings. The van der Waals surface area contributed by atoms with Crippen LogP contribution in [-0.2, 0) is 4.79 Å². The molecule has 2 aromatic carbocycles. The van der Waals surface area contributed by atoms with Crippen molar-refractivity contribution in [2.75, 3.05) is 36.4 Å². The Balaban J connectivity index is 1.40. The Bertz CT molecular complexity index is 1250. The predicted octanol–water partition coefficient (Wildman–Crippen LogP) is 5.02. The number of carbonyl (C=O) groups is 1. The number of aryl methyl sites for hydroxylation is 1. The van der Waals surface area contributed by atoms with Gasteiger partial charge >= 0.3 is 6.36 Å². The van der Waals surface area contributed by atoms with Gasteiger partial charge in [-0.25, -0.2) is 9.97 Å². The second kappa shape index (κ2) is 10.5. The molecule has 0 aliphatic carbocycles. The van der Waals surface area contributed by atoms with Gasteiger partial charge in [0.25, 0.3) is 0 Å². The van der Waals surface area contributed by atoms with E-state index in [0.29, 0.717) is 17.3 Å². The van der Waals surface area contributed by atoms with E-state index < -0.39 is 6.36 Å². The molecule has 1 aliphatic heterocycles. The van der Waals surface area contributed by atoms with Crippen LogP contribution in [0, 0.1) is 6.92 Å². The maximum atomic E-state index is 12.4. The lowest BCUT2D eigenvalue weighted by atomic mass is 10.1. The smallest absolute Gasteiger partial charge is 0.406 e. The minimum Gasteiger partial charge on any atom is -0.406 e. The zero-order valence-corrected chi connectivity index (χ0v) is 20.3. The monoisotopic (exact) mass is 499 g/mol. The molecule has 1 fully saturated rings. The zero-order valence-electron chi connectivity index (χ0n) is 20.3. The number of ether oxygens (including phenoxy) is 1. The quantitative estimate of drug-likeness (QED) is 0.481. The number of anilines is 2. The molecule has 0 spiro atoms. The topological polar surface area (TPSA) is 70.6 Å². The van der Waals surface area contributed by atoms with Crippen molar-refractivity contribution in [3.63, 3.8) is 0 Å². The third kappa shape index (κ3) is 6.51. The molecule has 0 unspecified atom stereocenters. The van der Waals surface area contributed by atoms with E-state index in [-0.39, 0.29) is 11.7 Å². The summed E-state index contributed by atoms with van der Waals surface area (Å²) in [6.07, 6.45) is -1.93. The normalized spacial score (nSPS) is 15.1. The van der Waals surface area contributed by atoms with Crippen LogP contribution in [0.3, 0.4) is 0 Å². The molecule has 0 atom stereocenters. The van der Waals surface area contributed by atoms with E-state index in [1.165, 1.54) is 36.4 Å². The Morgan fingerprint density at radius 3 is 2.39 bits per heavy atom. The van der Waals surface area contributed by atoms with Gasteiger partial charge in [-0.3, -0.25) is 9.69 Å². The van der Waals surface area contributed by atoms with Crippen molar-refractivity contribution in [2.24, 2.45) is 0 Å². The van der Waals surface area contributed by atoms with Crippen molar-refractivity contribution in [3.8, 4) is 5.75 Å². The lowest BCUT2D eigenvalue weighted by molar-refractivity contribution is -0.274. The number of alkyl halides is 3. The Labute approximate surface area is 207 Å². The number of benzene rings is 2. The summed E-state index contributed by atoms with van der Waals surface area (Å²) in [6.45, 7) is 10.0. The Morgan fingerprint density at radius 1 is 1.06 bits per heavy atom.